The Morgan fingerprint density at radius 2 is 1.72 bits per heavy atom. The molecule has 4 rings (SSSR count). The highest BCUT2D eigenvalue weighted by Gasteiger charge is 2.17. The van der Waals surface area contributed by atoms with Crippen molar-refractivity contribution in [3.63, 3.8) is 0 Å². The summed E-state index contributed by atoms with van der Waals surface area (Å²) in [5.74, 6) is 0.765. The molecule has 122 valence electrons. The van der Waals surface area contributed by atoms with Crippen molar-refractivity contribution in [2.24, 2.45) is 0 Å². The van der Waals surface area contributed by atoms with E-state index in [1.165, 1.54) is 0 Å². The first-order valence-corrected chi connectivity index (χ1v) is 8.32. The molecule has 0 spiro atoms. The quantitative estimate of drug-likeness (QED) is 0.572. The highest BCUT2D eigenvalue weighted by Crippen LogP contribution is 2.29. The van der Waals surface area contributed by atoms with Crippen LogP contribution >= 0.6 is 11.6 Å². The van der Waals surface area contributed by atoms with Crippen LogP contribution in [0.3, 0.4) is 0 Å². The zero-order chi connectivity index (χ0) is 17.1. The van der Waals surface area contributed by atoms with Crippen LogP contribution < -0.4 is 5.32 Å². The van der Waals surface area contributed by atoms with Crippen molar-refractivity contribution in [1.82, 2.24) is 15.0 Å². The number of para-hydroxylation sites is 1. The van der Waals surface area contributed by atoms with E-state index in [-0.39, 0.29) is 6.04 Å². The number of halogens is 1. The molecule has 2 heterocycles. The molecule has 0 fully saturated rings. The first-order chi connectivity index (χ1) is 12.3. The first kappa shape index (κ1) is 15.5. The van der Waals surface area contributed by atoms with E-state index >= 15 is 0 Å². The summed E-state index contributed by atoms with van der Waals surface area (Å²) >= 11 is 6.20. The second-order valence-electron chi connectivity index (χ2n) is 5.63. The van der Waals surface area contributed by atoms with Crippen molar-refractivity contribution in [1.29, 1.82) is 0 Å². The van der Waals surface area contributed by atoms with Gasteiger partial charge in [0.2, 0.25) is 0 Å². The van der Waals surface area contributed by atoms with Gasteiger partial charge in [0.1, 0.15) is 12.1 Å². The molecular weight excluding hydrogens is 332 g/mol. The standard InChI is InChI=1S/C20H15ClN4/c21-15-7-5-6-14(12-15)19(18-10-3-4-11-22-18)25-20-16-8-1-2-9-17(16)23-13-24-20/h1-13,19H,(H,23,24,25). The van der Waals surface area contributed by atoms with Crippen LogP contribution in [0.2, 0.25) is 5.02 Å². The Morgan fingerprint density at radius 3 is 2.56 bits per heavy atom. The van der Waals surface area contributed by atoms with E-state index in [0.717, 1.165) is 28.0 Å². The highest BCUT2D eigenvalue weighted by atomic mass is 35.5. The third kappa shape index (κ3) is 3.30. The molecule has 2 aromatic heterocycles. The van der Waals surface area contributed by atoms with Gasteiger partial charge in [-0.2, -0.15) is 0 Å². The van der Waals surface area contributed by atoms with Gasteiger partial charge in [-0.1, -0.05) is 41.9 Å². The maximum atomic E-state index is 6.20. The minimum absolute atomic E-state index is 0.168. The number of fused-ring (bicyclic) bond motifs is 1. The smallest absolute Gasteiger partial charge is 0.138 e. The van der Waals surface area contributed by atoms with Crippen molar-refractivity contribution >= 4 is 28.3 Å². The van der Waals surface area contributed by atoms with Crippen LogP contribution in [-0.4, -0.2) is 15.0 Å². The lowest BCUT2D eigenvalue weighted by molar-refractivity contribution is 0.879. The largest absolute Gasteiger partial charge is 0.357 e. The third-order valence-electron chi connectivity index (χ3n) is 3.99. The van der Waals surface area contributed by atoms with Crippen LogP contribution in [0, 0.1) is 0 Å². The molecule has 4 nitrogen and oxygen atoms in total. The van der Waals surface area contributed by atoms with Crippen molar-refractivity contribution in [3.8, 4) is 0 Å². The van der Waals surface area contributed by atoms with E-state index in [4.69, 9.17) is 11.6 Å². The van der Waals surface area contributed by atoms with Crippen LogP contribution in [0.5, 0.6) is 0 Å². The summed E-state index contributed by atoms with van der Waals surface area (Å²) in [6, 6.07) is 21.4. The molecule has 5 heteroatoms. The molecule has 1 unspecified atom stereocenters. The number of nitrogens with zero attached hydrogens (tertiary/aromatic N) is 3. The summed E-state index contributed by atoms with van der Waals surface area (Å²) in [7, 11) is 0. The lowest BCUT2D eigenvalue weighted by atomic mass is 10.0. The van der Waals surface area contributed by atoms with Crippen molar-refractivity contribution in [2.75, 3.05) is 5.32 Å². The van der Waals surface area contributed by atoms with E-state index in [2.05, 4.69) is 20.3 Å². The third-order valence-corrected chi connectivity index (χ3v) is 4.22. The SMILES string of the molecule is Clc1cccc(C(Nc2ncnc3ccccc23)c2ccccn2)c1. The maximum Gasteiger partial charge on any atom is 0.138 e. The van der Waals surface area contributed by atoms with Crippen molar-refractivity contribution in [2.45, 2.75) is 6.04 Å². The minimum Gasteiger partial charge on any atom is -0.357 e. The predicted molar refractivity (Wildman–Crippen MR) is 101 cm³/mol. The molecular formula is C20H15ClN4. The summed E-state index contributed by atoms with van der Waals surface area (Å²) in [5, 5.41) is 5.16. The Bertz CT molecular complexity index is 999. The second kappa shape index (κ2) is 6.87. The van der Waals surface area contributed by atoms with Gasteiger partial charge in [-0.25, -0.2) is 9.97 Å². The Balaban J connectivity index is 1.81. The average molecular weight is 347 g/mol. The number of anilines is 1. The molecule has 0 bridgehead atoms. The molecule has 1 N–H and O–H groups in total. The molecule has 0 aliphatic rings. The van der Waals surface area contributed by atoms with Gasteiger partial charge in [0.05, 0.1) is 17.3 Å². The highest BCUT2D eigenvalue weighted by molar-refractivity contribution is 6.30. The van der Waals surface area contributed by atoms with Crippen LogP contribution in [0.25, 0.3) is 10.9 Å². The van der Waals surface area contributed by atoms with Crippen LogP contribution in [-0.2, 0) is 0 Å². The Hall–Kier alpha value is -2.98. The van der Waals surface area contributed by atoms with Crippen LogP contribution in [0.1, 0.15) is 17.3 Å². The molecule has 0 radical (unpaired) electrons. The number of hydrogen-bond donors (Lipinski definition) is 1. The zero-order valence-electron chi connectivity index (χ0n) is 13.3. The molecule has 0 aliphatic carbocycles. The Labute approximate surface area is 150 Å². The molecule has 25 heavy (non-hydrogen) atoms. The lowest BCUT2D eigenvalue weighted by Gasteiger charge is -2.20. The van der Waals surface area contributed by atoms with Gasteiger partial charge in [0.25, 0.3) is 0 Å². The van der Waals surface area contributed by atoms with Gasteiger partial charge in [-0.15, -0.1) is 0 Å². The average Bonchev–Trinajstić information content (AvgIpc) is 2.67. The summed E-state index contributed by atoms with van der Waals surface area (Å²) in [5.41, 5.74) is 2.81. The second-order valence-corrected chi connectivity index (χ2v) is 6.06. The lowest BCUT2D eigenvalue weighted by Crippen LogP contribution is -2.15. The van der Waals surface area contributed by atoms with Gasteiger partial charge in [-0.05, 0) is 42.0 Å². The van der Waals surface area contributed by atoms with E-state index in [9.17, 15) is 0 Å². The van der Waals surface area contributed by atoms with E-state index in [1.54, 1.807) is 12.5 Å². The molecule has 1 atom stereocenters. The number of nitrogens with one attached hydrogen (secondary N) is 1. The predicted octanol–water partition coefficient (Wildman–Crippen LogP) is 4.88. The van der Waals surface area contributed by atoms with E-state index < -0.39 is 0 Å². The van der Waals surface area contributed by atoms with E-state index in [0.29, 0.717) is 5.02 Å². The number of benzene rings is 2. The first-order valence-electron chi connectivity index (χ1n) is 7.94. The Morgan fingerprint density at radius 1 is 0.840 bits per heavy atom. The number of aromatic nitrogens is 3. The molecule has 0 aliphatic heterocycles. The van der Waals surface area contributed by atoms with Crippen LogP contribution in [0.4, 0.5) is 5.82 Å². The number of hydrogen-bond acceptors (Lipinski definition) is 4. The summed E-state index contributed by atoms with van der Waals surface area (Å²) in [4.78, 5) is 13.3. The fourth-order valence-corrected chi connectivity index (χ4v) is 3.02. The van der Waals surface area contributed by atoms with Crippen molar-refractivity contribution < 1.29 is 0 Å². The fraction of sp³-hybridized carbons (Fsp3) is 0.0500. The van der Waals surface area contributed by atoms with Crippen molar-refractivity contribution in [3.05, 3.63) is 95.5 Å². The van der Waals surface area contributed by atoms with E-state index in [1.807, 2.05) is 66.7 Å². The van der Waals surface area contributed by atoms with Gasteiger partial charge in [-0.3, -0.25) is 4.98 Å². The molecule has 2 aromatic carbocycles. The monoisotopic (exact) mass is 346 g/mol. The molecule has 0 saturated carbocycles. The minimum atomic E-state index is -0.168. The normalized spacial score (nSPS) is 12.0. The zero-order valence-corrected chi connectivity index (χ0v) is 14.1. The number of rotatable bonds is 4. The van der Waals surface area contributed by atoms with Crippen LogP contribution in [0.15, 0.2) is 79.3 Å². The fourth-order valence-electron chi connectivity index (χ4n) is 2.82. The molecule has 4 aromatic rings. The molecule has 0 saturated heterocycles. The molecule has 0 amide bonds. The summed E-state index contributed by atoms with van der Waals surface area (Å²) in [6.07, 6.45) is 3.35. The van der Waals surface area contributed by atoms with Gasteiger partial charge >= 0.3 is 0 Å². The van der Waals surface area contributed by atoms with Gasteiger partial charge in [0.15, 0.2) is 0 Å². The Kier molecular flexibility index (Phi) is 4.27. The summed E-state index contributed by atoms with van der Waals surface area (Å²) in [6.45, 7) is 0. The maximum absolute atomic E-state index is 6.20. The number of pyridine rings is 1. The van der Waals surface area contributed by atoms with Gasteiger partial charge in [0, 0.05) is 16.6 Å². The summed E-state index contributed by atoms with van der Waals surface area (Å²) < 4.78 is 0. The van der Waals surface area contributed by atoms with Gasteiger partial charge < -0.3 is 5.32 Å². The topological polar surface area (TPSA) is 50.7 Å².